The van der Waals surface area contributed by atoms with Gasteiger partial charge in [0, 0.05) is 24.1 Å². The summed E-state index contributed by atoms with van der Waals surface area (Å²) in [5.74, 6) is 0.170. The second-order valence-corrected chi connectivity index (χ2v) is 7.81. The third-order valence-corrected chi connectivity index (χ3v) is 5.50. The van der Waals surface area contributed by atoms with Gasteiger partial charge < -0.3 is 20.4 Å². The van der Waals surface area contributed by atoms with E-state index >= 15 is 0 Å². The number of carbonyl (C=O) groups is 2. The predicted octanol–water partition coefficient (Wildman–Crippen LogP) is 3.58. The first-order chi connectivity index (χ1) is 14.4. The highest BCUT2D eigenvalue weighted by atomic mass is 35.5. The van der Waals surface area contributed by atoms with E-state index in [1.807, 2.05) is 30.3 Å². The Labute approximate surface area is 182 Å². The van der Waals surface area contributed by atoms with Crippen LogP contribution in [0.1, 0.15) is 18.4 Å². The minimum atomic E-state index is -0.148. The maximum atomic E-state index is 12.9. The number of rotatable bonds is 8. The summed E-state index contributed by atoms with van der Waals surface area (Å²) in [5, 5.41) is 10.8. The average Bonchev–Trinajstić information content (AvgIpc) is 3.12. The Hall–Kier alpha value is -3.04. The van der Waals surface area contributed by atoms with E-state index in [0.29, 0.717) is 17.3 Å². The molecular formula is C20H20ClN5O3S. The lowest BCUT2D eigenvalue weighted by atomic mass is 10.2. The molecule has 0 spiro atoms. The molecule has 2 aromatic carbocycles. The number of nitrogens with zero attached hydrogens (tertiary/aromatic N) is 3. The minimum absolute atomic E-state index is 0.0532. The van der Waals surface area contributed by atoms with Crippen LogP contribution in [0.5, 0.6) is 0 Å². The molecule has 0 fully saturated rings. The lowest BCUT2D eigenvalue weighted by Crippen LogP contribution is -2.31. The number of amides is 2. The predicted molar refractivity (Wildman–Crippen MR) is 116 cm³/mol. The van der Waals surface area contributed by atoms with Crippen LogP contribution < -0.4 is 11.1 Å². The molecule has 3 aromatic rings. The highest BCUT2D eigenvalue weighted by Crippen LogP contribution is 2.27. The first-order valence-electron chi connectivity index (χ1n) is 9.00. The van der Waals surface area contributed by atoms with Crippen molar-refractivity contribution < 1.29 is 14.0 Å². The summed E-state index contributed by atoms with van der Waals surface area (Å²) < 4.78 is 5.23. The molecule has 0 bridgehead atoms. The van der Waals surface area contributed by atoms with Crippen LogP contribution in [0.4, 0.5) is 11.7 Å². The van der Waals surface area contributed by atoms with Gasteiger partial charge in [-0.2, -0.15) is 0 Å². The van der Waals surface area contributed by atoms with E-state index in [-0.39, 0.29) is 36.0 Å². The maximum Gasteiger partial charge on any atom is 0.312 e. The quantitative estimate of drug-likeness (QED) is 0.509. The van der Waals surface area contributed by atoms with E-state index < -0.39 is 0 Å². The van der Waals surface area contributed by atoms with Gasteiger partial charge in [0.25, 0.3) is 0 Å². The lowest BCUT2D eigenvalue weighted by molar-refractivity contribution is -0.129. The summed E-state index contributed by atoms with van der Waals surface area (Å²) in [6, 6.07) is 14.5. The zero-order valence-corrected chi connectivity index (χ0v) is 17.7. The fourth-order valence-corrected chi connectivity index (χ4v) is 3.78. The van der Waals surface area contributed by atoms with Crippen molar-refractivity contribution in [3.05, 3.63) is 65.0 Å². The molecule has 0 aliphatic carbocycles. The Morgan fingerprint density at radius 3 is 2.50 bits per heavy atom. The van der Waals surface area contributed by atoms with Crippen molar-refractivity contribution in [2.24, 2.45) is 0 Å². The number of halogens is 1. The first kappa shape index (κ1) is 21.7. The monoisotopic (exact) mass is 445 g/mol. The third kappa shape index (κ3) is 6.23. The molecule has 3 N–H and O–H groups in total. The molecule has 30 heavy (non-hydrogen) atoms. The van der Waals surface area contributed by atoms with Gasteiger partial charge in [0.2, 0.25) is 17.7 Å². The van der Waals surface area contributed by atoms with Gasteiger partial charge in [-0.1, -0.05) is 41.0 Å². The van der Waals surface area contributed by atoms with E-state index in [9.17, 15) is 9.59 Å². The summed E-state index contributed by atoms with van der Waals surface area (Å²) in [7, 11) is 0. The van der Waals surface area contributed by atoms with Crippen molar-refractivity contribution in [1.82, 2.24) is 15.1 Å². The van der Waals surface area contributed by atoms with Gasteiger partial charge >= 0.3 is 6.01 Å². The standard InChI is InChI=1S/C20H20ClN5O3S/c1-13(27)23-15-8-6-14(7-9-15)10-26(11-18-24-25-20(22)29-18)19(28)12-30-17-5-3-2-4-16(17)21/h2-9H,10-12H2,1H3,(H2,22,25)(H,23,27). The summed E-state index contributed by atoms with van der Waals surface area (Å²) in [5.41, 5.74) is 7.06. The van der Waals surface area contributed by atoms with E-state index in [4.69, 9.17) is 21.8 Å². The molecule has 0 unspecified atom stereocenters. The SMILES string of the molecule is CC(=O)Nc1ccc(CN(Cc2nnc(N)o2)C(=O)CSc2ccccc2Cl)cc1. The molecule has 2 amide bonds. The number of benzene rings is 2. The topological polar surface area (TPSA) is 114 Å². The van der Waals surface area contributed by atoms with Gasteiger partial charge in [-0.25, -0.2) is 0 Å². The smallest absolute Gasteiger partial charge is 0.312 e. The fourth-order valence-electron chi connectivity index (χ4n) is 2.64. The molecule has 10 heteroatoms. The number of nitrogens with two attached hydrogens (primary N) is 1. The normalized spacial score (nSPS) is 10.6. The molecule has 0 saturated carbocycles. The highest BCUT2D eigenvalue weighted by molar-refractivity contribution is 8.00. The molecule has 0 aliphatic rings. The van der Waals surface area contributed by atoms with Crippen molar-refractivity contribution in [3.8, 4) is 0 Å². The van der Waals surface area contributed by atoms with E-state index in [2.05, 4.69) is 15.5 Å². The van der Waals surface area contributed by atoms with Crippen LogP contribution in [0.15, 0.2) is 57.8 Å². The van der Waals surface area contributed by atoms with Crippen LogP contribution in [0, 0.1) is 0 Å². The molecule has 1 aromatic heterocycles. The zero-order valence-electron chi connectivity index (χ0n) is 16.2. The number of hydrogen-bond acceptors (Lipinski definition) is 7. The number of thioether (sulfide) groups is 1. The molecule has 0 saturated heterocycles. The summed E-state index contributed by atoms with van der Waals surface area (Å²) in [4.78, 5) is 26.5. The molecule has 3 rings (SSSR count). The van der Waals surface area contributed by atoms with Gasteiger partial charge in [0.15, 0.2) is 0 Å². The second kappa shape index (κ2) is 10.1. The Balaban J connectivity index is 1.71. The Morgan fingerprint density at radius 2 is 1.87 bits per heavy atom. The van der Waals surface area contributed by atoms with Crippen LogP contribution >= 0.6 is 23.4 Å². The van der Waals surface area contributed by atoms with Crippen molar-refractivity contribution >= 4 is 46.9 Å². The fraction of sp³-hybridized carbons (Fsp3) is 0.200. The van der Waals surface area contributed by atoms with Crippen molar-refractivity contribution in [2.45, 2.75) is 24.9 Å². The van der Waals surface area contributed by atoms with Crippen LogP contribution in [0.3, 0.4) is 0 Å². The van der Waals surface area contributed by atoms with Crippen molar-refractivity contribution in [3.63, 3.8) is 0 Å². The zero-order chi connectivity index (χ0) is 21.5. The highest BCUT2D eigenvalue weighted by Gasteiger charge is 2.18. The van der Waals surface area contributed by atoms with E-state index in [1.54, 1.807) is 23.1 Å². The molecule has 0 radical (unpaired) electrons. The van der Waals surface area contributed by atoms with Gasteiger partial charge in [0.05, 0.1) is 17.3 Å². The number of nitrogen functional groups attached to an aromatic ring is 1. The number of hydrogen-bond donors (Lipinski definition) is 2. The molecular weight excluding hydrogens is 426 g/mol. The van der Waals surface area contributed by atoms with E-state index in [0.717, 1.165) is 10.5 Å². The minimum Gasteiger partial charge on any atom is -0.406 e. The summed E-state index contributed by atoms with van der Waals surface area (Å²) in [6.07, 6.45) is 0. The van der Waals surface area contributed by atoms with Crippen molar-refractivity contribution in [2.75, 3.05) is 16.8 Å². The van der Waals surface area contributed by atoms with Gasteiger partial charge in [-0.3, -0.25) is 9.59 Å². The van der Waals surface area contributed by atoms with Crippen LogP contribution in [0.2, 0.25) is 5.02 Å². The number of anilines is 2. The van der Waals surface area contributed by atoms with Crippen LogP contribution in [0.25, 0.3) is 0 Å². The number of nitrogens with one attached hydrogen (secondary N) is 1. The van der Waals surface area contributed by atoms with Gasteiger partial charge in [0.1, 0.15) is 0 Å². The Morgan fingerprint density at radius 1 is 1.13 bits per heavy atom. The lowest BCUT2D eigenvalue weighted by Gasteiger charge is -2.21. The number of aromatic nitrogens is 2. The van der Waals surface area contributed by atoms with Gasteiger partial charge in [-0.15, -0.1) is 16.9 Å². The molecule has 156 valence electrons. The van der Waals surface area contributed by atoms with E-state index in [1.165, 1.54) is 18.7 Å². The third-order valence-electron chi connectivity index (χ3n) is 4.00. The molecule has 8 nitrogen and oxygen atoms in total. The molecule has 1 heterocycles. The largest absolute Gasteiger partial charge is 0.406 e. The number of carbonyl (C=O) groups excluding carboxylic acids is 2. The van der Waals surface area contributed by atoms with Crippen LogP contribution in [-0.4, -0.2) is 32.7 Å². The Kier molecular flexibility index (Phi) is 7.31. The maximum absolute atomic E-state index is 12.9. The van der Waals surface area contributed by atoms with Crippen molar-refractivity contribution in [1.29, 1.82) is 0 Å². The van der Waals surface area contributed by atoms with Crippen LogP contribution in [-0.2, 0) is 22.7 Å². The average molecular weight is 446 g/mol. The molecule has 0 atom stereocenters. The second-order valence-electron chi connectivity index (χ2n) is 6.38. The Bertz CT molecular complexity index is 1030. The summed E-state index contributed by atoms with van der Waals surface area (Å²) >= 11 is 7.53. The molecule has 0 aliphatic heterocycles. The summed E-state index contributed by atoms with van der Waals surface area (Å²) in [6.45, 7) is 1.89. The first-order valence-corrected chi connectivity index (χ1v) is 10.4. The van der Waals surface area contributed by atoms with Gasteiger partial charge in [-0.05, 0) is 29.8 Å².